The number of para-hydroxylation sites is 1. The lowest BCUT2D eigenvalue weighted by Gasteiger charge is -2.17. The normalized spacial score (nSPS) is 12.2. The van der Waals surface area contributed by atoms with E-state index in [0.717, 1.165) is 33.3 Å². The van der Waals surface area contributed by atoms with Crippen LogP contribution in [-0.2, 0) is 11.2 Å². The maximum absolute atomic E-state index is 12.6. The van der Waals surface area contributed by atoms with Crippen molar-refractivity contribution in [2.24, 2.45) is 0 Å². The molecule has 0 aliphatic heterocycles. The highest BCUT2D eigenvalue weighted by Gasteiger charge is 2.16. The number of carbonyl (C=O) groups is 1. The summed E-state index contributed by atoms with van der Waals surface area (Å²) in [6.45, 7) is 5.95. The fourth-order valence-electron chi connectivity index (χ4n) is 3.19. The van der Waals surface area contributed by atoms with Crippen LogP contribution in [-0.4, -0.2) is 10.9 Å². The van der Waals surface area contributed by atoms with Gasteiger partial charge in [0.2, 0.25) is 5.91 Å². The van der Waals surface area contributed by atoms with Gasteiger partial charge in [0, 0.05) is 16.1 Å². The van der Waals surface area contributed by atoms with Crippen LogP contribution in [0.1, 0.15) is 35.3 Å². The van der Waals surface area contributed by atoms with Gasteiger partial charge in [-0.1, -0.05) is 48.0 Å². The standard InChI is InChI=1S/C21H21ClN2O/c1-13-16-8-5-7-11-20(16)23-15(3)18(13)12-21(25)24-14(2)17-9-4-6-10-19(17)22/h4-11,14H,12H2,1-3H3,(H,24,25). The molecule has 3 nitrogen and oxygen atoms in total. The smallest absolute Gasteiger partial charge is 0.224 e. The van der Waals surface area contributed by atoms with Gasteiger partial charge in [0.15, 0.2) is 0 Å². The first-order chi connectivity index (χ1) is 12.0. The zero-order chi connectivity index (χ0) is 18.0. The predicted octanol–water partition coefficient (Wildman–Crippen LogP) is 4.92. The lowest BCUT2D eigenvalue weighted by atomic mass is 9.99. The molecule has 3 rings (SSSR count). The molecule has 1 unspecified atom stereocenters. The Bertz CT molecular complexity index is 936. The monoisotopic (exact) mass is 352 g/mol. The maximum Gasteiger partial charge on any atom is 0.224 e. The Morgan fingerprint density at radius 1 is 1.12 bits per heavy atom. The molecule has 0 saturated carbocycles. The van der Waals surface area contributed by atoms with E-state index >= 15 is 0 Å². The van der Waals surface area contributed by atoms with Gasteiger partial charge in [-0.15, -0.1) is 0 Å². The molecule has 1 heterocycles. The second kappa shape index (κ2) is 7.24. The van der Waals surface area contributed by atoms with Crippen molar-refractivity contribution in [2.45, 2.75) is 33.2 Å². The Hall–Kier alpha value is -2.39. The summed E-state index contributed by atoms with van der Waals surface area (Å²) in [5.41, 5.74) is 4.89. The number of amides is 1. The topological polar surface area (TPSA) is 42.0 Å². The molecule has 0 fully saturated rings. The van der Waals surface area contributed by atoms with Crippen molar-refractivity contribution < 1.29 is 4.79 Å². The minimum absolute atomic E-state index is 0.0318. The first kappa shape index (κ1) is 17.4. The molecule has 0 aliphatic carbocycles. The minimum Gasteiger partial charge on any atom is -0.349 e. The molecule has 4 heteroatoms. The summed E-state index contributed by atoms with van der Waals surface area (Å²) in [5.74, 6) is -0.0318. The van der Waals surface area contributed by atoms with Gasteiger partial charge in [0.05, 0.1) is 18.0 Å². The van der Waals surface area contributed by atoms with E-state index in [1.807, 2.05) is 62.4 Å². The van der Waals surface area contributed by atoms with Gasteiger partial charge < -0.3 is 5.32 Å². The SMILES string of the molecule is Cc1nc2ccccc2c(C)c1CC(=O)NC(C)c1ccccc1Cl. The van der Waals surface area contributed by atoms with Crippen LogP contribution in [0.4, 0.5) is 0 Å². The van der Waals surface area contributed by atoms with Crippen LogP contribution < -0.4 is 5.32 Å². The van der Waals surface area contributed by atoms with E-state index in [4.69, 9.17) is 11.6 Å². The van der Waals surface area contributed by atoms with Gasteiger partial charge in [0.1, 0.15) is 0 Å². The highest BCUT2D eigenvalue weighted by Crippen LogP contribution is 2.24. The number of hydrogen-bond donors (Lipinski definition) is 1. The molecule has 1 amide bonds. The van der Waals surface area contributed by atoms with Crippen LogP contribution in [0.3, 0.4) is 0 Å². The summed E-state index contributed by atoms with van der Waals surface area (Å²) in [6, 6.07) is 15.4. The summed E-state index contributed by atoms with van der Waals surface area (Å²) in [4.78, 5) is 17.2. The molecule has 25 heavy (non-hydrogen) atoms. The Morgan fingerprint density at radius 3 is 2.56 bits per heavy atom. The number of nitrogens with zero attached hydrogens (tertiary/aromatic N) is 1. The van der Waals surface area contributed by atoms with Crippen molar-refractivity contribution in [1.82, 2.24) is 10.3 Å². The molecule has 0 bridgehead atoms. The van der Waals surface area contributed by atoms with Gasteiger partial charge in [-0.2, -0.15) is 0 Å². The number of nitrogens with one attached hydrogen (secondary N) is 1. The third-order valence-electron chi connectivity index (χ3n) is 4.57. The van der Waals surface area contributed by atoms with E-state index < -0.39 is 0 Å². The van der Waals surface area contributed by atoms with Gasteiger partial charge in [0.25, 0.3) is 0 Å². The van der Waals surface area contributed by atoms with Crippen LogP contribution in [0, 0.1) is 13.8 Å². The third kappa shape index (κ3) is 3.67. The number of aromatic nitrogens is 1. The number of fused-ring (bicyclic) bond motifs is 1. The number of aryl methyl sites for hydroxylation is 2. The molecular weight excluding hydrogens is 332 g/mol. The van der Waals surface area contributed by atoms with Crippen LogP contribution in [0.2, 0.25) is 5.02 Å². The highest BCUT2D eigenvalue weighted by molar-refractivity contribution is 6.31. The highest BCUT2D eigenvalue weighted by atomic mass is 35.5. The molecule has 0 saturated heterocycles. The number of hydrogen-bond acceptors (Lipinski definition) is 2. The van der Waals surface area contributed by atoms with Crippen molar-refractivity contribution in [1.29, 1.82) is 0 Å². The van der Waals surface area contributed by atoms with E-state index in [0.29, 0.717) is 11.4 Å². The van der Waals surface area contributed by atoms with Gasteiger partial charge in [-0.05, 0) is 49.6 Å². The zero-order valence-electron chi connectivity index (χ0n) is 14.6. The molecule has 1 aromatic heterocycles. The maximum atomic E-state index is 12.6. The summed E-state index contributed by atoms with van der Waals surface area (Å²) in [5, 5.41) is 4.79. The second-order valence-electron chi connectivity index (χ2n) is 6.31. The molecule has 2 aromatic carbocycles. The quantitative estimate of drug-likeness (QED) is 0.723. The lowest BCUT2D eigenvalue weighted by Crippen LogP contribution is -2.28. The molecule has 0 spiro atoms. The Balaban J connectivity index is 1.82. The number of pyridine rings is 1. The molecule has 128 valence electrons. The zero-order valence-corrected chi connectivity index (χ0v) is 15.4. The second-order valence-corrected chi connectivity index (χ2v) is 6.71. The van der Waals surface area contributed by atoms with E-state index in [-0.39, 0.29) is 11.9 Å². The van der Waals surface area contributed by atoms with E-state index in [9.17, 15) is 4.79 Å². The van der Waals surface area contributed by atoms with Gasteiger partial charge in [-0.25, -0.2) is 0 Å². The lowest BCUT2D eigenvalue weighted by molar-refractivity contribution is -0.121. The fourth-order valence-corrected chi connectivity index (χ4v) is 3.49. The van der Waals surface area contributed by atoms with E-state index in [1.54, 1.807) is 0 Å². The van der Waals surface area contributed by atoms with Crippen molar-refractivity contribution in [3.8, 4) is 0 Å². The van der Waals surface area contributed by atoms with Crippen LogP contribution in [0.5, 0.6) is 0 Å². The number of rotatable bonds is 4. The van der Waals surface area contributed by atoms with Gasteiger partial charge >= 0.3 is 0 Å². The van der Waals surface area contributed by atoms with Crippen molar-refractivity contribution in [3.63, 3.8) is 0 Å². The number of carbonyl (C=O) groups excluding carboxylic acids is 1. The average Bonchev–Trinajstić information content (AvgIpc) is 2.59. The molecule has 0 radical (unpaired) electrons. The van der Waals surface area contributed by atoms with Crippen LogP contribution in [0.25, 0.3) is 10.9 Å². The summed E-state index contributed by atoms with van der Waals surface area (Å²) >= 11 is 6.22. The van der Waals surface area contributed by atoms with Crippen molar-refractivity contribution >= 4 is 28.4 Å². The summed E-state index contributed by atoms with van der Waals surface area (Å²) in [6.07, 6.45) is 0.310. The Labute approximate surface area is 153 Å². The first-order valence-corrected chi connectivity index (χ1v) is 8.73. The fraction of sp³-hybridized carbons (Fsp3) is 0.238. The number of halogens is 1. The van der Waals surface area contributed by atoms with E-state index in [2.05, 4.69) is 17.2 Å². The largest absolute Gasteiger partial charge is 0.349 e. The predicted molar refractivity (Wildman–Crippen MR) is 103 cm³/mol. The van der Waals surface area contributed by atoms with Crippen LogP contribution in [0.15, 0.2) is 48.5 Å². The molecule has 3 aromatic rings. The van der Waals surface area contributed by atoms with Crippen molar-refractivity contribution in [3.05, 3.63) is 75.9 Å². The average molecular weight is 353 g/mol. The molecule has 1 atom stereocenters. The van der Waals surface area contributed by atoms with Crippen molar-refractivity contribution in [2.75, 3.05) is 0 Å². The third-order valence-corrected chi connectivity index (χ3v) is 4.92. The molecule has 0 aliphatic rings. The summed E-state index contributed by atoms with van der Waals surface area (Å²) in [7, 11) is 0. The number of benzene rings is 2. The first-order valence-electron chi connectivity index (χ1n) is 8.36. The molecular formula is C21H21ClN2O. The van der Waals surface area contributed by atoms with E-state index in [1.165, 1.54) is 0 Å². The minimum atomic E-state index is -0.143. The van der Waals surface area contributed by atoms with Gasteiger partial charge in [-0.3, -0.25) is 9.78 Å². The molecule has 1 N–H and O–H groups in total. The van der Waals surface area contributed by atoms with Crippen LogP contribution >= 0.6 is 11.6 Å². The summed E-state index contributed by atoms with van der Waals surface area (Å²) < 4.78 is 0. The Morgan fingerprint density at radius 2 is 1.80 bits per heavy atom. The Kier molecular flexibility index (Phi) is 5.05.